The number of nitrogens with zero attached hydrogens (tertiary/aromatic N) is 2. The van der Waals surface area contributed by atoms with Crippen molar-refractivity contribution in [1.29, 1.82) is 0 Å². The average Bonchev–Trinajstić information content (AvgIpc) is 2.56. The van der Waals surface area contributed by atoms with Gasteiger partial charge in [0.1, 0.15) is 0 Å². The molecule has 2 aromatic rings. The maximum absolute atomic E-state index is 5.72. The number of halogens is 1. The molecule has 72 valence electrons. The van der Waals surface area contributed by atoms with Crippen LogP contribution in [0.1, 0.15) is 0 Å². The third-order valence-corrected chi connectivity index (χ3v) is 2.67. The maximum Gasteiger partial charge on any atom is 0.0935 e. The lowest BCUT2D eigenvalue weighted by Crippen LogP contribution is -1.90. The Labute approximate surface area is 90.7 Å². The van der Waals surface area contributed by atoms with Gasteiger partial charge in [0.05, 0.1) is 5.69 Å². The Hall–Kier alpha value is -1.29. The van der Waals surface area contributed by atoms with E-state index in [1.807, 2.05) is 37.5 Å². The molecule has 0 spiro atoms. The van der Waals surface area contributed by atoms with Gasteiger partial charge in [-0.1, -0.05) is 15.9 Å². The lowest BCUT2D eigenvalue weighted by Gasteiger charge is -2.01. The molecule has 0 bridgehead atoms. The Morgan fingerprint density at radius 2 is 2.14 bits per heavy atom. The number of hydrogen-bond donors (Lipinski definition) is 1. The predicted octanol–water partition coefficient (Wildman–Crippen LogP) is 2.43. The molecule has 0 aliphatic heterocycles. The van der Waals surface area contributed by atoms with Crippen LogP contribution in [-0.2, 0) is 7.05 Å². The van der Waals surface area contributed by atoms with Crippen molar-refractivity contribution in [2.45, 2.75) is 0 Å². The van der Waals surface area contributed by atoms with Crippen LogP contribution in [0.25, 0.3) is 11.3 Å². The van der Waals surface area contributed by atoms with Gasteiger partial charge in [-0.15, -0.1) is 0 Å². The number of nitrogens with two attached hydrogens (primary N) is 1. The highest BCUT2D eigenvalue weighted by Gasteiger charge is 2.05. The summed E-state index contributed by atoms with van der Waals surface area (Å²) in [5.74, 6) is 0. The number of nitrogen functional groups attached to an aromatic ring is 1. The predicted molar refractivity (Wildman–Crippen MR) is 60.8 cm³/mol. The third kappa shape index (κ3) is 1.65. The van der Waals surface area contributed by atoms with Gasteiger partial charge in [-0.3, -0.25) is 4.68 Å². The summed E-state index contributed by atoms with van der Waals surface area (Å²) in [6.07, 6.45) is 1.91. The maximum atomic E-state index is 5.72. The van der Waals surface area contributed by atoms with Gasteiger partial charge in [0.15, 0.2) is 0 Å². The summed E-state index contributed by atoms with van der Waals surface area (Å²) in [5.41, 5.74) is 8.40. The quantitative estimate of drug-likeness (QED) is 0.792. The van der Waals surface area contributed by atoms with Crippen LogP contribution >= 0.6 is 15.9 Å². The Kier molecular flexibility index (Phi) is 2.29. The lowest BCUT2D eigenvalue weighted by atomic mass is 10.1. The van der Waals surface area contributed by atoms with Crippen molar-refractivity contribution in [2.75, 3.05) is 5.73 Å². The highest BCUT2D eigenvalue weighted by molar-refractivity contribution is 9.10. The largest absolute Gasteiger partial charge is 0.399 e. The van der Waals surface area contributed by atoms with E-state index in [-0.39, 0.29) is 0 Å². The van der Waals surface area contributed by atoms with Gasteiger partial charge in [0.25, 0.3) is 0 Å². The number of aromatic nitrogens is 2. The van der Waals surface area contributed by atoms with Crippen LogP contribution in [0.3, 0.4) is 0 Å². The second-order valence-corrected chi connectivity index (χ2v) is 3.97. The second-order valence-electron chi connectivity index (χ2n) is 3.11. The topological polar surface area (TPSA) is 43.8 Å². The average molecular weight is 252 g/mol. The zero-order valence-electron chi connectivity index (χ0n) is 7.74. The van der Waals surface area contributed by atoms with E-state index in [0.717, 1.165) is 21.4 Å². The van der Waals surface area contributed by atoms with Crippen LogP contribution in [-0.4, -0.2) is 9.78 Å². The molecule has 0 aliphatic carbocycles. The molecule has 4 heteroatoms. The van der Waals surface area contributed by atoms with Crippen molar-refractivity contribution in [1.82, 2.24) is 9.78 Å². The zero-order valence-corrected chi connectivity index (χ0v) is 9.32. The van der Waals surface area contributed by atoms with Crippen molar-refractivity contribution in [2.24, 2.45) is 7.05 Å². The van der Waals surface area contributed by atoms with Gasteiger partial charge in [0.2, 0.25) is 0 Å². The van der Waals surface area contributed by atoms with E-state index in [9.17, 15) is 0 Å². The Morgan fingerprint density at radius 3 is 2.79 bits per heavy atom. The number of anilines is 1. The monoisotopic (exact) mass is 251 g/mol. The van der Waals surface area contributed by atoms with Crippen molar-refractivity contribution >= 4 is 21.6 Å². The molecule has 1 aromatic carbocycles. The summed E-state index contributed by atoms with van der Waals surface area (Å²) in [7, 11) is 1.89. The third-order valence-electron chi connectivity index (χ3n) is 1.98. The summed E-state index contributed by atoms with van der Waals surface area (Å²) < 4.78 is 2.77. The minimum Gasteiger partial charge on any atom is -0.399 e. The van der Waals surface area contributed by atoms with E-state index in [1.165, 1.54) is 0 Å². The fourth-order valence-corrected chi connectivity index (χ4v) is 1.75. The Morgan fingerprint density at radius 1 is 1.36 bits per heavy atom. The zero-order chi connectivity index (χ0) is 10.1. The summed E-state index contributed by atoms with van der Waals surface area (Å²) in [5, 5.41) is 4.31. The SMILES string of the molecule is Cn1ccc(-c2cc(N)ccc2Br)n1. The number of hydrogen-bond acceptors (Lipinski definition) is 2. The molecule has 1 aromatic heterocycles. The van der Waals surface area contributed by atoms with Crippen LogP contribution in [0.5, 0.6) is 0 Å². The van der Waals surface area contributed by atoms with Gasteiger partial charge < -0.3 is 5.73 Å². The number of aryl methyl sites for hydroxylation is 1. The first-order chi connectivity index (χ1) is 6.66. The summed E-state index contributed by atoms with van der Waals surface area (Å²) >= 11 is 3.47. The molecule has 0 fully saturated rings. The van der Waals surface area contributed by atoms with Gasteiger partial charge >= 0.3 is 0 Å². The number of benzene rings is 1. The van der Waals surface area contributed by atoms with E-state index in [0.29, 0.717) is 0 Å². The number of rotatable bonds is 1. The minimum absolute atomic E-state index is 0.744. The Balaban J connectivity index is 2.55. The van der Waals surface area contributed by atoms with Crippen molar-refractivity contribution in [3.05, 3.63) is 34.9 Å². The van der Waals surface area contributed by atoms with E-state index < -0.39 is 0 Å². The normalized spacial score (nSPS) is 10.4. The van der Waals surface area contributed by atoms with Crippen LogP contribution in [0.15, 0.2) is 34.9 Å². The molecule has 2 rings (SSSR count). The van der Waals surface area contributed by atoms with E-state index >= 15 is 0 Å². The molecule has 0 radical (unpaired) electrons. The molecule has 0 unspecified atom stereocenters. The molecular weight excluding hydrogens is 242 g/mol. The fraction of sp³-hybridized carbons (Fsp3) is 0.100. The molecule has 0 saturated heterocycles. The fourth-order valence-electron chi connectivity index (χ4n) is 1.30. The molecule has 1 heterocycles. The lowest BCUT2D eigenvalue weighted by molar-refractivity contribution is 0.771. The molecule has 2 N–H and O–H groups in total. The van der Waals surface area contributed by atoms with Crippen molar-refractivity contribution in [3.8, 4) is 11.3 Å². The second kappa shape index (κ2) is 3.46. The molecular formula is C10H10BrN3. The molecule has 3 nitrogen and oxygen atoms in total. The molecule has 0 atom stereocenters. The first-order valence-corrected chi connectivity index (χ1v) is 5.01. The Bertz CT molecular complexity index is 462. The first kappa shape index (κ1) is 9.27. The summed E-state index contributed by atoms with van der Waals surface area (Å²) in [6, 6.07) is 7.65. The van der Waals surface area contributed by atoms with E-state index in [4.69, 9.17) is 5.73 Å². The molecule has 0 saturated carbocycles. The first-order valence-electron chi connectivity index (χ1n) is 4.22. The van der Waals surface area contributed by atoms with Crippen LogP contribution in [0, 0.1) is 0 Å². The highest BCUT2D eigenvalue weighted by atomic mass is 79.9. The van der Waals surface area contributed by atoms with Crippen molar-refractivity contribution < 1.29 is 0 Å². The van der Waals surface area contributed by atoms with Gasteiger partial charge in [-0.2, -0.15) is 5.10 Å². The summed E-state index contributed by atoms with van der Waals surface area (Å²) in [6.45, 7) is 0. The minimum atomic E-state index is 0.744. The van der Waals surface area contributed by atoms with Gasteiger partial charge in [-0.25, -0.2) is 0 Å². The smallest absolute Gasteiger partial charge is 0.0935 e. The highest BCUT2D eigenvalue weighted by Crippen LogP contribution is 2.28. The van der Waals surface area contributed by atoms with E-state index in [1.54, 1.807) is 4.68 Å². The van der Waals surface area contributed by atoms with Crippen LogP contribution in [0.2, 0.25) is 0 Å². The van der Waals surface area contributed by atoms with Gasteiger partial charge in [0, 0.05) is 29.0 Å². The standard InChI is InChI=1S/C10H10BrN3/c1-14-5-4-10(13-14)8-6-7(12)2-3-9(8)11/h2-6H,12H2,1H3. The van der Waals surface area contributed by atoms with Crippen LogP contribution < -0.4 is 5.73 Å². The molecule has 0 aliphatic rings. The molecule has 14 heavy (non-hydrogen) atoms. The van der Waals surface area contributed by atoms with Crippen molar-refractivity contribution in [3.63, 3.8) is 0 Å². The van der Waals surface area contributed by atoms with Crippen LogP contribution in [0.4, 0.5) is 5.69 Å². The molecule has 0 amide bonds. The summed E-state index contributed by atoms with van der Waals surface area (Å²) in [4.78, 5) is 0. The van der Waals surface area contributed by atoms with Gasteiger partial charge in [-0.05, 0) is 24.3 Å². The van der Waals surface area contributed by atoms with E-state index in [2.05, 4.69) is 21.0 Å².